The third-order valence-corrected chi connectivity index (χ3v) is 6.44. The Labute approximate surface area is 200 Å². The zero-order chi connectivity index (χ0) is 23.3. The highest BCUT2D eigenvalue weighted by Crippen LogP contribution is 2.25. The third kappa shape index (κ3) is 5.04. The molecule has 176 valence electrons. The van der Waals surface area contributed by atoms with E-state index in [4.69, 9.17) is 14.7 Å². The van der Waals surface area contributed by atoms with Crippen LogP contribution in [0.4, 0.5) is 5.95 Å². The van der Waals surface area contributed by atoms with Gasteiger partial charge in [-0.25, -0.2) is 14.6 Å². The first-order valence-electron chi connectivity index (χ1n) is 12.2. The molecule has 4 aromatic rings. The maximum absolute atomic E-state index is 5.63. The largest absolute Gasteiger partial charge is 0.494 e. The number of hydrogen-bond donors (Lipinski definition) is 1. The Morgan fingerprint density at radius 1 is 1.06 bits per heavy atom. The maximum atomic E-state index is 5.63. The molecule has 7 heteroatoms. The van der Waals surface area contributed by atoms with E-state index in [-0.39, 0.29) is 0 Å². The number of rotatable bonds is 8. The van der Waals surface area contributed by atoms with E-state index in [1.807, 2.05) is 54.2 Å². The molecule has 7 nitrogen and oxygen atoms in total. The Kier molecular flexibility index (Phi) is 6.72. The summed E-state index contributed by atoms with van der Waals surface area (Å²) in [7, 11) is 0. The van der Waals surface area contributed by atoms with Gasteiger partial charge in [-0.1, -0.05) is 18.2 Å². The molecule has 0 saturated carbocycles. The number of nitrogens with zero attached hydrogens (tertiary/aromatic N) is 5. The molecule has 0 spiro atoms. The van der Waals surface area contributed by atoms with Gasteiger partial charge in [-0.15, -0.1) is 0 Å². The zero-order valence-electron chi connectivity index (χ0n) is 19.9. The lowest BCUT2D eigenvalue weighted by atomic mass is 10.0. The molecule has 0 unspecified atom stereocenters. The van der Waals surface area contributed by atoms with Crippen molar-refractivity contribution in [1.29, 1.82) is 0 Å². The monoisotopic (exact) mass is 456 g/mol. The van der Waals surface area contributed by atoms with Gasteiger partial charge >= 0.3 is 0 Å². The van der Waals surface area contributed by atoms with Crippen molar-refractivity contribution >= 4 is 16.9 Å². The normalized spacial score (nSPS) is 14.6. The molecule has 0 bridgehead atoms. The third-order valence-electron chi connectivity index (χ3n) is 6.44. The fourth-order valence-corrected chi connectivity index (χ4v) is 4.56. The molecule has 0 atom stereocenters. The van der Waals surface area contributed by atoms with Crippen LogP contribution in [0.25, 0.3) is 16.6 Å². The van der Waals surface area contributed by atoms with E-state index >= 15 is 0 Å². The summed E-state index contributed by atoms with van der Waals surface area (Å²) in [6.45, 7) is 7.59. The maximum Gasteiger partial charge on any atom is 0.226 e. The number of nitrogens with one attached hydrogen (secondary N) is 1. The average Bonchev–Trinajstić information content (AvgIpc) is 3.34. The Morgan fingerprint density at radius 2 is 1.88 bits per heavy atom. The molecule has 3 heterocycles. The highest BCUT2D eigenvalue weighted by atomic mass is 16.5. The summed E-state index contributed by atoms with van der Waals surface area (Å²) < 4.78 is 7.57. The minimum Gasteiger partial charge on any atom is -0.494 e. The van der Waals surface area contributed by atoms with Gasteiger partial charge in [0.15, 0.2) is 0 Å². The first kappa shape index (κ1) is 22.3. The number of aryl methyl sites for hydroxylation is 1. The highest BCUT2D eigenvalue weighted by Gasteiger charge is 2.21. The molecular formula is C27H32N6O. The molecule has 1 aliphatic rings. The van der Waals surface area contributed by atoms with Crippen molar-refractivity contribution in [2.75, 3.05) is 31.1 Å². The van der Waals surface area contributed by atoms with Crippen molar-refractivity contribution in [3.05, 3.63) is 72.2 Å². The second kappa shape index (κ2) is 10.2. The van der Waals surface area contributed by atoms with Crippen molar-refractivity contribution in [2.24, 2.45) is 0 Å². The minimum absolute atomic E-state index is 0.524. The van der Waals surface area contributed by atoms with Gasteiger partial charge in [-0.05, 0) is 75.5 Å². The van der Waals surface area contributed by atoms with Crippen molar-refractivity contribution < 1.29 is 4.74 Å². The molecule has 34 heavy (non-hydrogen) atoms. The molecule has 1 N–H and O–H groups in total. The summed E-state index contributed by atoms with van der Waals surface area (Å²) in [5, 5.41) is 9.29. The molecule has 2 aromatic carbocycles. The van der Waals surface area contributed by atoms with E-state index in [2.05, 4.69) is 40.6 Å². The van der Waals surface area contributed by atoms with E-state index in [1.165, 1.54) is 5.56 Å². The fraction of sp³-hybridized carbons (Fsp3) is 0.370. The molecule has 2 aromatic heterocycles. The molecule has 0 amide bonds. The minimum atomic E-state index is 0.524. The highest BCUT2D eigenvalue weighted by molar-refractivity contribution is 5.83. The van der Waals surface area contributed by atoms with Gasteiger partial charge in [0.25, 0.3) is 0 Å². The second-order valence-electron chi connectivity index (χ2n) is 8.82. The number of para-hydroxylation sites is 1. The number of anilines is 1. The van der Waals surface area contributed by atoms with Crippen LogP contribution in [0.15, 0.2) is 60.9 Å². The van der Waals surface area contributed by atoms with Crippen LogP contribution < -0.4 is 15.0 Å². The van der Waals surface area contributed by atoms with Gasteiger partial charge in [0.1, 0.15) is 5.75 Å². The lowest BCUT2D eigenvalue weighted by Gasteiger charge is -2.32. The van der Waals surface area contributed by atoms with Crippen LogP contribution in [0, 0.1) is 6.92 Å². The number of benzene rings is 2. The van der Waals surface area contributed by atoms with Gasteiger partial charge in [0.2, 0.25) is 5.95 Å². The molecule has 0 aliphatic carbocycles. The van der Waals surface area contributed by atoms with Crippen LogP contribution >= 0.6 is 0 Å². The second-order valence-corrected chi connectivity index (χ2v) is 8.82. The predicted octanol–water partition coefficient (Wildman–Crippen LogP) is 4.32. The van der Waals surface area contributed by atoms with Crippen LogP contribution in [0.1, 0.15) is 31.0 Å². The molecule has 1 saturated heterocycles. The molecule has 0 radical (unpaired) electrons. The van der Waals surface area contributed by atoms with Gasteiger partial charge in [0.05, 0.1) is 29.7 Å². The van der Waals surface area contributed by atoms with Crippen molar-refractivity contribution in [3.8, 4) is 11.4 Å². The van der Waals surface area contributed by atoms with E-state index in [1.54, 1.807) is 0 Å². The molecular weight excluding hydrogens is 424 g/mol. The smallest absolute Gasteiger partial charge is 0.226 e. The summed E-state index contributed by atoms with van der Waals surface area (Å²) in [5.74, 6) is 1.70. The SMILES string of the molecule is CCOc1ccc2nc(N3CCC(NCCc4cnn(-c5ccccc5)c4)CC3)nc(C)c2c1. The quantitative estimate of drug-likeness (QED) is 0.426. The standard InChI is InChI=1S/C27H32N6O/c1-3-34-24-9-10-26-25(17-24)20(2)30-27(31-26)32-15-12-22(13-16-32)28-14-11-21-18-29-33(19-21)23-7-5-4-6-8-23/h4-10,17-19,22,28H,3,11-16H2,1-2H3. The van der Waals surface area contributed by atoms with Crippen LogP contribution in [-0.4, -0.2) is 52.0 Å². The number of ether oxygens (including phenoxy) is 1. The fourth-order valence-electron chi connectivity index (χ4n) is 4.56. The van der Waals surface area contributed by atoms with Crippen molar-refractivity contribution in [2.45, 2.75) is 39.2 Å². The number of fused-ring (bicyclic) bond motifs is 1. The van der Waals surface area contributed by atoms with Crippen LogP contribution in [0.5, 0.6) is 5.75 Å². The van der Waals surface area contributed by atoms with Crippen molar-refractivity contribution in [3.63, 3.8) is 0 Å². The van der Waals surface area contributed by atoms with Crippen LogP contribution in [0.3, 0.4) is 0 Å². The summed E-state index contributed by atoms with van der Waals surface area (Å²) in [6, 6.07) is 16.8. The van der Waals surface area contributed by atoms with E-state index in [0.717, 1.165) is 72.9 Å². The average molecular weight is 457 g/mol. The van der Waals surface area contributed by atoms with E-state index in [0.29, 0.717) is 12.6 Å². The van der Waals surface area contributed by atoms with Gasteiger partial charge in [0, 0.05) is 30.7 Å². The zero-order valence-corrected chi connectivity index (χ0v) is 19.9. The molecule has 1 fully saturated rings. The Hall–Kier alpha value is -3.45. The Bertz CT molecular complexity index is 1230. The number of piperidine rings is 1. The van der Waals surface area contributed by atoms with Crippen LogP contribution in [0.2, 0.25) is 0 Å². The van der Waals surface area contributed by atoms with E-state index < -0.39 is 0 Å². The van der Waals surface area contributed by atoms with Gasteiger partial charge < -0.3 is 15.0 Å². The van der Waals surface area contributed by atoms with Gasteiger partial charge in [-0.3, -0.25) is 0 Å². The van der Waals surface area contributed by atoms with Crippen LogP contribution in [-0.2, 0) is 6.42 Å². The number of hydrogen-bond acceptors (Lipinski definition) is 6. The lowest BCUT2D eigenvalue weighted by Crippen LogP contribution is -2.43. The Morgan fingerprint density at radius 3 is 2.68 bits per heavy atom. The summed E-state index contributed by atoms with van der Waals surface area (Å²) in [5.41, 5.74) is 4.32. The number of aromatic nitrogens is 4. The topological polar surface area (TPSA) is 68.1 Å². The molecule has 5 rings (SSSR count). The predicted molar refractivity (Wildman–Crippen MR) is 136 cm³/mol. The summed E-state index contributed by atoms with van der Waals surface area (Å²) in [4.78, 5) is 12.0. The first-order valence-corrected chi connectivity index (χ1v) is 12.2. The summed E-state index contributed by atoms with van der Waals surface area (Å²) in [6.07, 6.45) is 7.24. The lowest BCUT2D eigenvalue weighted by molar-refractivity contribution is 0.340. The molecule has 1 aliphatic heterocycles. The Balaban J connectivity index is 1.13. The summed E-state index contributed by atoms with van der Waals surface area (Å²) >= 11 is 0. The van der Waals surface area contributed by atoms with E-state index in [9.17, 15) is 0 Å². The first-order chi connectivity index (χ1) is 16.7. The van der Waals surface area contributed by atoms with Gasteiger partial charge in [-0.2, -0.15) is 5.10 Å². The van der Waals surface area contributed by atoms with Crippen molar-refractivity contribution in [1.82, 2.24) is 25.1 Å².